The maximum atomic E-state index is 5.68. The first kappa shape index (κ1) is 12.1. The summed E-state index contributed by atoms with van der Waals surface area (Å²) >= 11 is 0. The normalized spacial score (nSPS) is 29.2. The van der Waals surface area contributed by atoms with Gasteiger partial charge >= 0.3 is 0 Å². The summed E-state index contributed by atoms with van der Waals surface area (Å²) in [6.07, 6.45) is 3.69. The van der Waals surface area contributed by atoms with E-state index in [9.17, 15) is 0 Å². The molecule has 4 rings (SSSR count). The van der Waals surface area contributed by atoms with Gasteiger partial charge in [-0.1, -0.05) is 0 Å². The maximum absolute atomic E-state index is 5.68. The van der Waals surface area contributed by atoms with E-state index in [0.29, 0.717) is 5.92 Å². The molecular weight excluding hydrogens is 256 g/mol. The second-order valence-electron chi connectivity index (χ2n) is 5.85. The van der Waals surface area contributed by atoms with Crippen molar-refractivity contribution >= 4 is 16.7 Å². The van der Waals surface area contributed by atoms with Crippen molar-refractivity contribution in [3.63, 3.8) is 0 Å². The van der Waals surface area contributed by atoms with Crippen molar-refractivity contribution in [3.05, 3.63) is 18.5 Å². The number of hydrogen-bond acceptors (Lipinski definition) is 5. The van der Waals surface area contributed by atoms with E-state index in [1.54, 1.807) is 7.11 Å². The highest BCUT2D eigenvalue weighted by molar-refractivity contribution is 5.89. The average molecular weight is 274 g/mol. The van der Waals surface area contributed by atoms with Crippen LogP contribution in [-0.4, -0.2) is 55.2 Å². The van der Waals surface area contributed by atoms with E-state index in [2.05, 4.69) is 20.1 Å². The van der Waals surface area contributed by atoms with Gasteiger partial charge in [0.15, 0.2) is 0 Å². The molecule has 6 nitrogen and oxygen atoms in total. The Bertz CT molecular complexity index is 628. The molecule has 20 heavy (non-hydrogen) atoms. The molecule has 1 N–H and O–H groups in total. The SMILES string of the molecule is COC[C@@]12COC[C@@H]1CN(c1nccc3[nH]ncc13)C2. The van der Waals surface area contributed by atoms with E-state index in [0.717, 1.165) is 49.6 Å². The van der Waals surface area contributed by atoms with Crippen LogP contribution in [0.25, 0.3) is 10.9 Å². The minimum absolute atomic E-state index is 0.113. The second kappa shape index (κ2) is 4.43. The highest BCUT2D eigenvalue weighted by Gasteiger charge is 2.51. The molecule has 2 aromatic heterocycles. The predicted octanol–water partition coefficient (Wildman–Crippen LogP) is 1.06. The Morgan fingerprint density at radius 3 is 3.45 bits per heavy atom. The molecule has 4 heterocycles. The lowest BCUT2D eigenvalue weighted by atomic mass is 9.82. The summed E-state index contributed by atoms with van der Waals surface area (Å²) < 4.78 is 11.1. The Balaban J connectivity index is 1.69. The first-order chi connectivity index (χ1) is 9.82. The molecule has 2 aromatic rings. The zero-order valence-corrected chi connectivity index (χ0v) is 11.5. The van der Waals surface area contributed by atoms with E-state index < -0.39 is 0 Å². The Morgan fingerprint density at radius 2 is 2.55 bits per heavy atom. The van der Waals surface area contributed by atoms with Crippen LogP contribution in [0.3, 0.4) is 0 Å². The van der Waals surface area contributed by atoms with Crippen molar-refractivity contribution < 1.29 is 9.47 Å². The smallest absolute Gasteiger partial charge is 0.139 e. The van der Waals surface area contributed by atoms with Crippen LogP contribution in [0, 0.1) is 11.3 Å². The molecule has 0 radical (unpaired) electrons. The van der Waals surface area contributed by atoms with Crippen LogP contribution in [0.15, 0.2) is 18.5 Å². The molecule has 0 saturated carbocycles. The number of aromatic nitrogens is 3. The van der Waals surface area contributed by atoms with Crippen molar-refractivity contribution in [2.75, 3.05) is 44.9 Å². The number of aromatic amines is 1. The van der Waals surface area contributed by atoms with Crippen molar-refractivity contribution in [1.82, 2.24) is 15.2 Å². The van der Waals surface area contributed by atoms with Gasteiger partial charge in [-0.25, -0.2) is 4.98 Å². The summed E-state index contributed by atoms with van der Waals surface area (Å²) in [6.45, 7) is 4.25. The summed E-state index contributed by atoms with van der Waals surface area (Å²) in [5.41, 5.74) is 1.14. The van der Waals surface area contributed by atoms with E-state index >= 15 is 0 Å². The fourth-order valence-corrected chi connectivity index (χ4v) is 3.59. The molecule has 0 amide bonds. The van der Waals surface area contributed by atoms with Crippen LogP contribution in [0.2, 0.25) is 0 Å². The number of anilines is 1. The highest BCUT2D eigenvalue weighted by Crippen LogP contribution is 2.43. The van der Waals surface area contributed by atoms with Gasteiger partial charge in [0.05, 0.1) is 36.9 Å². The number of ether oxygens (including phenoxy) is 2. The number of nitrogens with one attached hydrogen (secondary N) is 1. The summed E-state index contributed by atoms with van der Waals surface area (Å²) in [5.74, 6) is 1.53. The van der Waals surface area contributed by atoms with Gasteiger partial charge in [0.25, 0.3) is 0 Å². The standard InChI is InChI=1S/C14H18N4O2/c1-19-8-14-7-18(5-10(14)6-20-9-14)13-11-4-16-17-12(11)2-3-15-13/h2-4,10H,5-9H2,1H3,(H,16,17)/t10-,14-/m0/s1. The van der Waals surface area contributed by atoms with Gasteiger partial charge in [-0.2, -0.15) is 5.10 Å². The summed E-state index contributed by atoms with van der Waals surface area (Å²) in [4.78, 5) is 6.92. The topological polar surface area (TPSA) is 63.3 Å². The first-order valence-corrected chi connectivity index (χ1v) is 6.92. The fraction of sp³-hybridized carbons (Fsp3) is 0.571. The van der Waals surface area contributed by atoms with Crippen molar-refractivity contribution in [2.45, 2.75) is 0 Å². The molecule has 2 fully saturated rings. The Morgan fingerprint density at radius 1 is 1.60 bits per heavy atom. The summed E-state index contributed by atoms with van der Waals surface area (Å²) in [6, 6.07) is 1.96. The number of fused-ring (bicyclic) bond motifs is 2. The lowest BCUT2D eigenvalue weighted by Gasteiger charge is -2.26. The average Bonchev–Trinajstić information content (AvgIpc) is 3.10. The number of pyridine rings is 1. The molecule has 0 aliphatic carbocycles. The lowest BCUT2D eigenvalue weighted by Crippen LogP contribution is -2.35. The van der Waals surface area contributed by atoms with E-state index in [1.807, 2.05) is 18.5 Å². The predicted molar refractivity (Wildman–Crippen MR) is 74.7 cm³/mol. The minimum atomic E-state index is 0.113. The van der Waals surface area contributed by atoms with Crippen molar-refractivity contribution in [3.8, 4) is 0 Å². The number of methoxy groups -OCH3 is 1. The van der Waals surface area contributed by atoms with Gasteiger partial charge in [0, 0.05) is 37.7 Å². The van der Waals surface area contributed by atoms with Crippen LogP contribution in [0.1, 0.15) is 0 Å². The first-order valence-electron chi connectivity index (χ1n) is 6.92. The summed E-state index contributed by atoms with van der Waals surface area (Å²) in [5, 5.41) is 8.20. The van der Waals surface area contributed by atoms with Crippen LogP contribution >= 0.6 is 0 Å². The molecule has 0 aromatic carbocycles. The molecule has 106 valence electrons. The lowest BCUT2D eigenvalue weighted by molar-refractivity contribution is 0.0660. The zero-order valence-electron chi connectivity index (χ0n) is 11.5. The van der Waals surface area contributed by atoms with Crippen LogP contribution < -0.4 is 4.90 Å². The monoisotopic (exact) mass is 274 g/mol. The third-order valence-electron chi connectivity index (χ3n) is 4.60. The molecule has 0 unspecified atom stereocenters. The van der Waals surface area contributed by atoms with Gasteiger partial charge in [-0.3, -0.25) is 5.10 Å². The molecule has 2 aliphatic heterocycles. The van der Waals surface area contributed by atoms with Crippen molar-refractivity contribution in [1.29, 1.82) is 0 Å². The molecule has 2 saturated heterocycles. The van der Waals surface area contributed by atoms with Crippen LogP contribution in [0.5, 0.6) is 0 Å². The Labute approximate surface area is 117 Å². The maximum Gasteiger partial charge on any atom is 0.139 e. The van der Waals surface area contributed by atoms with Gasteiger partial charge < -0.3 is 14.4 Å². The third kappa shape index (κ3) is 1.65. The molecule has 2 aliphatic rings. The van der Waals surface area contributed by atoms with Crippen LogP contribution in [0.4, 0.5) is 5.82 Å². The van der Waals surface area contributed by atoms with E-state index in [1.165, 1.54) is 0 Å². The fourth-order valence-electron chi connectivity index (χ4n) is 3.59. The Kier molecular flexibility index (Phi) is 2.68. The number of H-pyrrole nitrogens is 1. The third-order valence-corrected chi connectivity index (χ3v) is 4.60. The van der Waals surface area contributed by atoms with Crippen molar-refractivity contribution in [2.24, 2.45) is 11.3 Å². The van der Waals surface area contributed by atoms with E-state index in [-0.39, 0.29) is 5.41 Å². The number of nitrogens with zero attached hydrogens (tertiary/aromatic N) is 3. The van der Waals surface area contributed by atoms with Crippen LogP contribution in [-0.2, 0) is 9.47 Å². The molecule has 6 heteroatoms. The highest BCUT2D eigenvalue weighted by atomic mass is 16.5. The molecule has 0 bridgehead atoms. The van der Waals surface area contributed by atoms with Gasteiger partial charge in [-0.15, -0.1) is 0 Å². The molecule has 0 spiro atoms. The largest absolute Gasteiger partial charge is 0.384 e. The quantitative estimate of drug-likeness (QED) is 0.906. The minimum Gasteiger partial charge on any atom is -0.384 e. The van der Waals surface area contributed by atoms with Gasteiger partial charge in [-0.05, 0) is 6.07 Å². The second-order valence-corrected chi connectivity index (χ2v) is 5.85. The molecular formula is C14H18N4O2. The van der Waals surface area contributed by atoms with Gasteiger partial charge in [0.2, 0.25) is 0 Å². The molecule has 2 atom stereocenters. The number of rotatable bonds is 3. The Hall–Kier alpha value is -1.66. The summed E-state index contributed by atoms with van der Waals surface area (Å²) in [7, 11) is 1.77. The number of hydrogen-bond donors (Lipinski definition) is 1. The zero-order chi connectivity index (χ0) is 13.6. The van der Waals surface area contributed by atoms with Gasteiger partial charge in [0.1, 0.15) is 5.82 Å². The van der Waals surface area contributed by atoms with E-state index in [4.69, 9.17) is 9.47 Å².